The van der Waals surface area contributed by atoms with Gasteiger partial charge in [0.1, 0.15) is 11.3 Å². The number of hydrogen-bond donors (Lipinski definition) is 1. The van der Waals surface area contributed by atoms with Crippen LogP contribution >= 0.6 is 0 Å². The third kappa shape index (κ3) is 3.40. The van der Waals surface area contributed by atoms with Crippen LogP contribution in [0.15, 0.2) is 33.5 Å². The van der Waals surface area contributed by atoms with Crippen LogP contribution in [0.3, 0.4) is 0 Å². The van der Waals surface area contributed by atoms with E-state index in [0.717, 1.165) is 0 Å². The van der Waals surface area contributed by atoms with Crippen molar-refractivity contribution in [3.8, 4) is 11.3 Å². The summed E-state index contributed by atoms with van der Waals surface area (Å²) < 4.78 is 9.97. The molecule has 22 heavy (non-hydrogen) atoms. The molecule has 0 radical (unpaired) electrons. The largest absolute Gasteiger partial charge is 0.454 e. The van der Waals surface area contributed by atoms with Gasteiger partial charge in [-0.15, -0.1) is 0 Å². The van der Waals surface area contributed by atoms with Gasteiger partial charge in [0, 0.05) is 17.7 Å². The number of H-pyrrole nitrogens is 1. The second-order valence-corrected chi connectivity index (χ2v) is 5.53. The number of non-ortho nitro benzene ring substituents is 1. The lowest BCUT2D eigenvalue weighted by Gasteiger charge is -2.18. The fourth-order valence-electron chi connectivity index (χ4n) is 1.77. The minimum absolute atomic E-state index is 0.0444. The molecule has 2 aromatic rings. The third-order valence-electron chi connectivity index (χ3n) is 2.58. The van der Waals surface area contributed by atoms with Crippen molar-refractivity contribution in [2.45, 2.75) is 26.4 Å². The highest BCUT2D eigenvalue weighted by Gasteiger charge is 2.26. The Hall–Kier alpha value is -2.90. The van der Waals surface area contributed by atoms with E-state index in [1.165, 1.54) is 24.3 Å². The predicted octanol–water partition coefficient (Wildman–Crippen LogP) is 2.50. The first kappa shape index (κ1) is 15.5. The van der Waals surface area contributed by atoms with Crippen molar-refractivity contribution in [2.75, 3.05) is 0 Å². The lowest BCUT2D eigenvalue weighted by molar-refractivity contribution is -0.384. The molecule has 0 spiro atoms. The van der Waals surface area contributed by atoms with Crippen molar-refractivity contribution in [1.82, 2.24) is 4.98 Å². The first-order valence-electron chi connectivity index (χ1n) is 6.38. The van der Waals surface area contributed by atoms with E-state index in [1.54, 1.807) is 20.8 Å². The van der Waals surface area contributed by atoms with Crippen LogP contribution in [0, 0.1) is 10.1 Å². The number of aromatic amines is 1. The lowest BCUT2D eigenvalue weighted by atomic mass is 10.1. The van der Waals surface area contributed by atoms with E-state index in [0.29, 0.717) is 0 Å². The molecule has 1 heterocycles. The number of nitrogens with one attached hydrogen (secondary N) is 1. The quantitative estimate of drug-likeness (QED) is 0.529. The molecular formula is C14H14N2O6. The smallest absolute Gasteiger partial charge is 0.417 e. The highest BCUT2D eigenvalue weighted by molar-refractivity contribution is 5.93. The third-order valence-corrected chi connectivity index (χ3v) is 2.58. The number of carbonyl (C=O) groups is 1. The minimum Gasteiger partial charge on any atom is -0.454 e. The number of nitro benzene ring substituents is 1. The average molecular weight is 306 g/mol. The molecule has 0 unspecified atom stereocenters. The van der Waals surface area contributed by atoms with Gasteiger partial charge in [-0.25, -0.2) is 9.59 Å². The number of nitro groups is 1. The lowest BCUT2D eigenvalue weighted by Crippen LogP contribution is -2.24. The number of esters is 1. The summed E-state index contributed by atoms with van der Waals surface area (Å²) >= 11 is 0. The number of benzene rings is 1. The summed E-state index contributed by atoms with van der Waals surface area (Å²) in [6, 6.07) is 5.49. The maximum atomic E-state index is 12.1. The van der Waals surface area contributed by atoms with Crippen LogP contribution in [-0.2, 0) is 4.74 Å². The van der Waals surface area contributed by atoms with Gasteiger partial charge in [0.15, 0.2) is 0 Å². The average Bonchev–Trinajstić information content (AvgIpc) is 2.79. The molecule has 0 atom stereocenters. The Labute approximate surface area is 124 Å². The summed E-state index contributed by atoms with van der Waals surface area (Å²) in [6.07, 6.45) is 0. The van der Waals surface area contributed by atoms with Crippen molar-refractivity contribution in [2.24, 2.45) is 0 Å². The Morgan fingerprint density at radius 1 is 1.36 bits per heavy atom. The highest BCUT2D eigenvalue weighted by atomic mass is 16.6. The van der Waals surface area contributed by atoms with Crippen molar-refractivity contribution in [3.05, 3.63) is 50.7 Å². The second-order valence-electron chi connectivity index (χ2n) is 5.53. The molecule has 0 aliphatic rings. The van der Waals surface area contributed by atoms with Gasteiger partial charge in [-0.05, 0) is 20.8 Å². The van der Waals surface area contributed by atoms with Crippen LogP contribution in [0.2, 0.25) is 0 Å². The molecule has 2 rings (SSSR count). The van der Waals surface area contributed by atoms with Crippen molar-refractivity contribution in [3.63, 3.8) is 0 Å². The van der Waals surface area contributed by atoms with E-state index in [1.807, 2.05) is 0 Å². The zero-order valence-electron chi connectivity index (χ0n) is 12.2. The van der Waals surface area contributed by atoms with E-state index in [2.05, 4.69) is 4.98 Å². The molecule has 0 amide bonds. The fraction of sp³-hybridized carbons (Fsp3) is 0.286. The number of rotatable bonds is 3. The molecule has 8 nitrogen and oxygen atoms in total. The molecule has 0 saturated carbocycles. The molecule has 0 fully saturated rings. The van der Waals surface area contributed by atoms with Crippen LogP contribution in [0.1, 0.15) is 31.3 Å². The van der Waals surface area contributed by atoms with Crippen LogP contribution in [0.25, 0.3) is 11.3 Å². The summed E-state index contributed by atoms with van der Waals surface area (Å²) in [7, 11) is 0. The number of hydrogen-bond acceptors (Lipinski definition) is 6. The van der Waals surface area contributed by atoms with Crippen LogP contribution < -0.4 is 5.76 Å². The monoisotopic (exact) mass is 306 g/mol. The molecule has 1 aromatic heterocycles. The molecule has 0 bridgehead atoms. The number of carbonyl (C=O) groups excluding carboxylic acids is 1. The minimum atomic E-state index is -0.845. The van der Waals surface area contributed by atoms with E-state index < -0.39 is 22.2 Å². The van der Waals surface area contributed by atoms with Gasteiger partial charge in [0.25, 0.3) is 5.69 Å². The van der Waals surface area contributed by atoms with Crippen LogP contribution in [0.5, 0.6) is 0 Å². The Kier molecular flexibility index (Phi) is 3.85. The SMILES string of the molecule is CC(C)(C)OC(=O)c1oc(=O)[nH]c1-c1cccc([N+](=O)[O-])c1. The standard InChI is InChI=1S/C14H14N2O6/c1-14(2,3)22-12(17)11-10(15-13(18)21-11)8-5-4-6-9(7-8)16(19)20/h4-7H,1-3H3,(H,15,18). The summed E-state index contributed by atoms with van der Waals surface area (Å²) in [5, 5.41) is 10.8. The van der Waals surface area contributed by atoms with Crippen molar-refractivity contribution in [1.29, 1.82) is 0 Å². The zero-order valence-corrected chi connectivity index (χ0v) is 12.2. The molecule has 0 saturated heterocycles. The number of oxazole rings is 1. The van der Waals surface area contributed by atoms with Gasteiger partial charge in [0.2, 0.25) is 5.76 Å². The zero-order chi connectivity index (χ0) is 16.5. The van der Waals surface area contributed by atoms with Crippen molar-refractivity contribution >= 4 is 11.7 Å². The predicted molar refractivity (Wildman–Crippen MR) is 76.6 cm³/mol. The fourth-order valence-corrected chi connectivity index (χ4v) is 1.77. The van der Waals surface area contributed by atoms with Crippen molar-refractivity contribution < 1.29 is 18.9 Å². The molecule has 1 aromatic carbocycles. The van der Waals surface area contributed by atoms with E-state index in [4.69, 9.17) is 9.15 Å². The maximum Gasteiger partial charge on any atom is 0.417 e. The molecule has 8 heteroatoms. The number of ether oxygens (including phenoxy) is 1. The van der Waals surface area contributed by atoms with Gasteiger partial charge >= 0.3 is 11.7 Å². The molecule has 0 aliphatic heterocycles. The van der Waals surface area contributed by atoms with Gasteiger partial charge in [-0.2, -0.15) is 0 Å². The Bertz CT molecular complexity index is 781. The normalized spacial score (nSPS) is 11.2. The molecule has 116 valence electrons. The Morgan fingerprint density at radius 2 is 2.05 bits per heavy atom. The van der Waals surface area contributed by atoms with Crippen LogP contribution in [-0.4, -0.2) is 21.5 Å². The first-order chi connectivity index (χ1) is 10.2. The molecular weight excluding hydrogens is 292 g/mol. The van der Waals surface area contributed by atoms with E-state index in [-0.39, 0.29) is 22.7 Å². The van der Waals surface area contributed by atoms with E-state index in [9.17, 15) is 19.7 Å². The molecule has 0 aliphatic carbocycles. The van der Waals surface area contributed by atoms with Gasteiger partial charge in [-0.1, -0.05) is 12.1 Å². The highest BCUT2D eigenvalue weighted by Crippen LogP contribution is 2.26. The number of aromatic nitrogens is 1. The summed E-state index contributed by atoms with van der Waals surface area (Å²) in [5.41, 5.74) is -0.620. The summed E-state index contributed by atoms with van der Waals surface area (Å²) in [4.78, 5) is 36.1. The summed E-state index contributed by atoms with van der Waals surface area (Å²) in [5.74, 6) is -1.99. The Balaban J connectivity index is 2.49. The number of nitrogens with zero attached hydrogens (tertiary/aromatic N) is 1. The van der Waals surface area contributed by atoms with Gasteiger partial charge < -0.3 is 9.15 Å². The topological polar surface area (TPSA) is 115 Å². The van der Waals surface area contributed by atoms with Crippen LogP contribution in [0.4, 0.5) is 5.69 Å². The van der Waals surface area contributed by atoms with Gasteiger partial charge in [0.05, 0.1) is 4.92 Å². The second kappa shape index (κ2) is 5.47. The molecule has 1 N–H and O–H groups in total. The summed E-state index contributed by atoms with van der Waals surface area (Å²) in [6.45, 7) is 5.01. The van der Waals surface area contributed by atoms with Gasteiger partial charge in [-0.3, -0.25) is 15.1 Å². The Morgan fingerprint density at radius 3 is 2.64 bits per heavy atom. The maximum absolute atomic E-state index is 12.1. The van der Waals surface area contributed by atoms with E-state index >= 15 is 0 Å². The first-order valence-corrected chi connectivity index (χ1v) is 6.38.